The maximum atomic E-state index is 12.6. The number of anilines is 1. The number of imidazole rings is 1. The van der Waals surface area contributed by atoms with Crippen LogP contribution in [0.5, 0.6) is 0 Å². The average molecular weight is 314 g/mol. The van der Waals surface area contributed by atoms with Crippen LogP contribution in [0.2, 0.25) is 0 Å². The van der Waals surface area contributed by atoms with Crippen LogP contribution in [-0.4, -0.2) is 30.4 Å². The summed E-state index contributed by atoms with van der Waals surface area (Å²) in [6.07, 6.45) is 5.60. The second kappa shape index (κ2) is 5.34. The van der Waals surface area contributed by atoms with E-state index in [1.54, 1.807) is 10.6 Å². The van der Waals surface area contributed by atoms with Gasteiger partial charge >= 0.3 is 0 Å². The molecule has 8 heteroatoms. The maximum absolute atomic E-state index is 12.6. The van der Waals surface area contributed by atoms with E-state index in [0.29, 0.717) is 17.3 Å². The number of rotatable bonds is 6. The molecule has 2 heterocycles. The van der Waals surface area contributed by atoms with Gasteiger partial charge in [0, 0.05) is 24.2 Å². The summed E-state index contributed by atoms with van der Waals surface area (Å²) in [5, 5.41) is 5.18. The summed E-state index contributed by atoms with van der Waals surface area (Å²) in [5.74, 6) is 0.450. The number of hydrogen-bond donors (Lipinski definition) is 2. The molecular formula is C12H18N4O2S2. The van der Waals surface area contributed by atoms with Gasteiger partial charge in [0.1, 0.15) is 0 Å². The van der Waals surface area contributed by atoms with Crippen LogP contribution < -0.4 is 10.0 Å². The molecule has 110 valence electrons. The van der Waals surface area contributed by atoms with Crippen LogP contribution >= 0.6 is 11.3 Å². The van der Waals surface area contributed by atoms with Crippen molar-refractivity contribution < 1.29 is 8.42 Å². The monoisotopic (exact) mass is 314 g/mol. The van der Waals surface area contributed by atoms with Gasteiger partial charge in [-0.05, 0) is 19.3 Å². The number of nitrogens with zero attached hydrogens (tertiary/aromatic N) is 2. The van der Waals surface area contributed by atoms with E-state index in [1.807, 2.05) is 12.3 Å². The van der Waals surface area contributed by atoms with Crippen LogP contribution in [0.25, 0.3) is 4.96 Å². The highest BCUT2D eigenvalue weighted by atomic mass is 32.2. The zero-order valence-electron chi connectivity index (χ0n) is 11.3. The lowest BCUT2D eigenvalue weighted by Crippen LogP contribution is -2.40. The number of nitrogens with one attached hydrogen (secondary N) is 2. The predicted octanol–water partition coefficient (Wildman–Crippen LogP) is 2.05. The molecule has 0 bridgehead atoms. The van der Waals surface area contributed by atoms with Crippen molar-refractivity contribution in [3.05, 3.63) is 11.6 Å². The third-order valence-electron chi connectivity index (χ3n) is 3.44. The van der Waals surface area contributed by atoms with Gasteiger partial charge in [0.15, 0.2) is 15.8 Å². The first-order valence-corrected chi connectivity index (χ1v) is 9.20. The number of sulfonamides is 1. The molecule has 0 radical (unpaired) electrons. The molecule has 3 rings (SSSR count). The first kappa shape index (κ1) is 13.8. The number of hydrogen-bond acceptors (Lipinski definition) is 5. The van der Waals surface area contributed by atoms with Gasteiger partial charge in [0.25, 0.3) is 10.0 Å². The Bertz CT molecular complexity index is 700. The van der Waals surface area contributed by atoms with Crippen molar-refractivity contribution in [2.45, 2.75) is 43.7 Å². The van der Waals surface area contributed by atoms with Gasteiger partial charge in [0.2, 0.25) is 0 Å². The molecule has 2 aromatic heterocycles. The molecule has 1 saturated carbocycles. The van der Waals surface area contributed by atoms with Gasteiger partial charge < -0.3 is 5.32 Å². The summed E-state index contributed by atoms with van der Waals surface area (Å²) < 4.78 is 29.6. The standard InChI is InChI=1S/C12H18N4O2S2/c1-2-6-13-10-11(16-7-8-19-12(16)14-10)20(17,18)15-9-4-3-5-9/h7-9,13,15H,2-6H2,1H3. The van der Waals surface area contributed by atoms with Gasteiger partial charge in [-0.3, -0.25) is 4.40 Å². The fraction of sp³-hybridized carbons (Fsp3) is 0.583. The average Bonchev–Trinajstić information content (AvgIpc) is 2.90. The van der Waals surface area contributed by atoms with E-state index >= 15 is 0 Å². The zero-order valence-corrected chi connectivity index (χ0v) is 12.9. The number of aromatic nitrogens is 2. The van der Waals surface area contributed by atoms with Crippen molar-refractivity contribution in [2.24, 2.45) is 0 Å². The molecule has 0 amide bonds. The van der Waals surface area contributed by atoms with E-state index < -0.39 is 10.0 Å². The molecule has 1 fully saturated rings. The second-order valence-corrected chi connectivity index (χ2v) is 7.50. The van der Waals surface area contributed by atoms with Crippen molar-refractivity contribution in [3.8, 4) is 0 Å². The maximum Gasteiger partial charge on any atom is 0.260 e. The topological polar surface area (TPSA) is 75.5 Å². The van der Waals surface area contributed by atoms with E-state index in [2.05, 4.69) is 15.0 Å². The Hall–Kier alpha value is -1.12. The molecule has 0 atom stereocenters. The Morgan fingerprint density at radius 1 is 1.50 bits per heavy atom. The summed E-state index contributed by atoms with van der Waals surface area (Å²) in [5.41, 5.74) is 0. The van der Waals surface area contributed by atoms with Crippen LogP contribution in [0, 0.1) is 0 Å². The molecule has 1 aliphatic carbocycles. The van der Waals surface area contributed by atoms with Gasteiger partial charge in [-0.15, -0.1) is 11.3 Å². The quantitative estimate of drug-likeness (QED) is 0.855. The third-order valence-corrected chi connectivity index (χ3v) is 5.74. The Morgan fingerprint density at radius 3 is 2.95 bits per heavy atom. The van der Waals surface area contributed by atoms with Gasteiger partial charge in [-0.1, -0.05) is 13.3 Å². The molecular weight excluding hydrogens is 296 g/mol. The first-order valence-electron chi connectivity index (χ1n) is 6.83. The van der Waals surface area contributed by atoms with E-state index in [-0.39, 0.29) is 11.1 Å². The fourth-order valence-corrected chi connectivity index (χ4v) is 4.52. The van der Waals surface area contributed by atoms with Crippen LogP contribution in [0.1, 0.15) is 32.6 Å². The Balaban J connectivity index is 2.00. The molecule has 0 spiro atoms. The summed E-state index contributed by atoms with van der Waals surface area (Å²) in [7, 11) is -3.54. The largest absolute Gasteiger partial charge is 0.368 e. The third kappa shape index (κ3) is 2.43. The summed E-state index contributed by atoms with van der Waals surface area (Å²) in [4.78, 5) is 5.07. The normalized spacial score (nSPS) is 16.4. The molecule has 0 saturated heterocycles. The van der Waals surface area contributed by atoms with Crippen molar-refractivity contribution >= 4 is 32.1 Å². The smallest absolute Gasteiger partial charge is 0.260 e. The van der Waals surface area contributed by atoms with Gasteiger partial charge in [-0.2, -0.15) is 0 Å². The molecule has 0 aliphatic heterocycles. The van der Waals surface area contributed by atoms with E-state index in [4.69, 9.17) is 0 Å². The number of thiazole rings is 1. The van der Waals surface area contributed by atoms with Gasteiger partial charge in [-0.25, -0.2) is 18.1 Å². The van der Waals surface area contributed by atoms with Crippen molar-refractivity contribution in [3.63, 3.8) is 0 Å². The molecule has 6 nitrogen and oxygen atoms in total. The van der Waals surface area contributed by atoms with Crippen LogP contribution in [0.15, 0.2) is 16.6 Å². The molecule has 2 N–H and O–H groups in total. The summed E-state index contributed by atoms with van der Waals surface area (Å²) >= 11 is 1.43. The lowest BCUT2D eigenvalue weighted by Gasteiger charge is -2.26. The van der Waals surface area contributed by atoms with Crippen molar-refractivity contribution in [2.75, 3.05) is 11.9 Å². The molecule has 2 aromatic rings. The highest BCUT2D eigenvalue weighted by Gasteiger charge is 2.30. The second-order valence-electron chi connectivity index (χ2n) is 5.00. The van der Waals surface area contributed by atoms with E-state index in [9.17, 15) is 8.42 Å². The minimum Gasteiger partial charge on any atom is -0.368 e. The van der Waals surface area contributed by atoms with Gasteiger partial charge in [0.05, 0.1) is 0 Å². The summed E-state index contributed by atoms with van der Waals surface area (Å²) in [6.45, 7) is 2.74. The lowest BCUT2D eigenvalue weighted by atomic mass is 9.94. The Labute approximate surface area is 122 Å². The SMILES string of the molecule is CCCNc1nc2sccn2c1S(=O)(=O)NC1CCC1. The fourth-order valence-electron chi connectivity index (χ4n) is 2.18. The van der Waals surface area contributed by atoms with Crippen LogP contribution in [0.4, 0.5) is 5.82 Å². The molecule has 0 unspecified atom stereocenters. The lowest BCUT2D eigenvalue weighted by molar-refractivity contribution is 0.383. The van der Waals surface area contributed by atoms with Crippen molar-refractivity contribution in [1.82, 2.24) is 14.1 Å². The molecule has 0 aromatic carbocycles. The minimum atomic E-state index is -3.54. The van der Waals surface area contributed by atoms with Crippen LogP contribution in [0.3, 0.4) is 0 Å². The van der Waals surface area contributed by atoms with Crippen LogP contribution in [-0.2, 0) is 10.0 Å². The highest BCUT2D eigenvalue weighted by Crippen LogP contribution is 2.27. The first-order chi connectivity index (χ1) is 9.62. The highest BCUT2D eigenvalue weighted by molar-refractivity contribution is 7.89. The zero-order chi connectivity index (χ0) is 14.2. The van der Waals surface area contributed by atoms with Crippen molar-refractivity contribution in [1.29, 1.82) is 0 Å². The molecule has 20 heavy (non-hydrogen) atoms. The van der Waals surface area contributed by atoms with E-state index in [1.165, 1.54) is 11.3 Å². The Morgan fingerprint density at radius 2 is 2.30 bits per heavy atom. The van der Waals surface area contributed by atoms with E-state index in [0.717, 1.165) is 25.7 Å². The predicted molar refractivity (Wildman–Crippen MR) is 79.8 cm³/mol. The number of fused-ring (bicyclic) bond motifs is 1. The molecule has 1 aliphatic rings. The minimum absolute atomic E-state index is 0.0724. The summed E-state index contributed by atoms with van der Waals surface area (Å²) in [6, 6.07) is 0.0724. The Kier molecular flexibility index (Phi) is 3.70.